The summed E-state index contributed by atoms with van der Waals surface area (Å²) in [7, 11) is 4.76. The average Bonchev–Trinajstić information content (AvgIpc) is 2.34. The van der Waals surface area contributed by atoms with Crippen LogP contribution in [0.1, 0.15) is 0 Å². The first-order chi connectivity index (χ1) is 8.08. The lowest BCUT2D eigenvalue weighted by atomic mass is 9.98. The van der Waals surface area contributed by atoms with Gasteiger partial charge in [0.1, 0.15) is 23.1 Å². The van der Waals surface area contributed by atoms with Crippen LogP contribution in [0.5, 0.6) is 0 Å². The first-order valence-corrected chi connectivity index (χ1v) is 5.46. The number of methoxy groups -OCH3 is 2. The molecule has 1 aliphatic carbocycles. The number of carbonyl (C=O) groups is 1. The molecular formula is C11H13N2O3S+. The van der Waals surface area contributed by atoms with Gasteiger partial charge in [-0.15, -0.1) is 0 Å². The minimum Gasteiger partial charge on any atom is -0.498 e. The lowest BCUT2D eigenvalue weighted by Crippen LogP contribution is -2.84. The maximum atomic E-state index is 12.0. The number of fused-ring (bicyclic) bond motifs is 1. The third-order valence-corrected chi connectivity index (χ3v) is 3.12. The Kier molecular flexibility index (Phi) is 3.08. The quantitative estimate of drug-likeness (QED) is 0.625. The number of allylic oxidation sites excluding steroid dienone is 1. The Bertz CT molecular complexity index is 479. The molecule has 1 amide bonds. The number of likely N-dealkylation sites (N-methyl/N-ethyl adjacent to an activating group) is 1. The highest BCUT2D eigenvalue weighted by Gasteiger charge is 2.37. The summed E-state index contributed by atoms with van der Waals surface area (Å²) in [5.74, 6) is 0.496. The van der Waals surface area contributed by atoms with Crippen LogP contribution >= 0.6 is 12.2 Å². The van der Waals surface area contributed by atoms with Crippen LogP contribution in [-0.2, 0) is 14.3 Å². The number of ether oxygens (including phenoxy) is 2. The normalized spacial score (nSPS) is 23.8. The van der Waals surface area contributed by atoms with E-state index in [0.29, 0.717) is 22.2 Å². The predicted molar refractivity (Wildman–Crippen MR) is 65.3 cm³/mol. The molecule has 5 nitrogen and oxygen atoms in total. The summed E-state index contributed by atoms with van der Waals surface area (Å²) in [6.07, 6.45) is 3.12. The number of nitrogens with zero attached hydrogens (tertiary/aromatic N) is 1. The number of nitrogens with one attached hydrogen (secondary N) is 1. The molecule has 0 aromatic heterocycles. The van der Waals surface area contributed by atoms with Gasteiger partial charge in [-0.3, -0.25) is 0 Å². The summed E-state index contributed by atoms with van der Waals surface area (Å²) in [5.41, 5.74) is 1.21. The standard InChI is InChI=1S/C11H12N2O3S/c1-13-10(14)6-4-8(15-2)9(16-3)5-7(6)12-11(13)17/h4-5,8H,1-3H3/p+1. The van der Waals surface area contributed by atoms with Crippen LogP contribution in [0.4, 0.5) is 0 Å². The molecule has 2 aliphatic rings. The molecule has 0 aromatic carbocycles. The molecule has 90 valence electrons. The van der Waals surface area contributed by atoms with Gasteiger partial charge in [-0.1, -0.05) is 0 Å². The summed E-state index contributed by atoms with van der Waals surface area (Å²) >= 11 is 5.05. The van der Waals surface area contributed by atoms with Crippen molar-refractivity contribution in [2.24, 2.45) is 0 Å². The molecule has 0 fully saturated rings. The number of rotatable bonds is 2. The van der Waals surface area contributed by atoms with E-state index in [-0.39, 0.29) is 12.0 Å². The zero-order chi connectivity index (χ0) is 12.6. The molecule has 0 bridgehead atoms. The molecule has 1 atom stereocenters. The van der Waals surface area contributed by atoms with Crippen molar-refractivity contribution >= 4 is 28.9 Å². The van der Waals surface area contributed by atoms with Crippen molar-refractivity contribution in [1.82, 2.24) is 4.90 Å². The number of amides is 1. The van der Waals surface area contributed by atoms with Crippen molar-refractivity contribution < 1.29 is 19.3 Å². The van der Waals surface area contributed by atoms with Crippen LogP contribution in [-0.4, -0.2) is 49.0 Å². The van der Waals surface area contributed by atoms with E-state index in [1.54, 1.807) is 33.4 Å². The molecule has 1 N–H and O–H groups in total. The third-order valence-electron chi connectivity index (χ3n) is 2.75. The summed E-state index contributed by atoms with van der Waals surface area (Å²) < 4.78 is 10.4. The van der Waals surface area contributed by atoms with Gasteiger partial charge in [-0.2, -0.15) is 4.90 Å². The fraction of sp³-hybridized carbons (Fsp3) is 0.364. The highest BCUT2D eigenvalue weighted by atomic mass is 32.1. The minimum absolute atomic E-state index is 0.141. The fourth-order valence-electron chi connectivity index (χ4n) is 1.75. The highest BCUT2D eigenvalue weighted by molar-refractivity contribution is 7.79. The first kappa shape index (κ1) is 11.9. The summed E-state index contributed by atoms with van der Waals surface area (Å²) in [4.78, 5) is 16.4. The van der Waals surface area contributed by atoms with Gasteiger partial charge in [0, 0.05) is 25.4 Å². The van der Waals surface area contributed by atoms with Gasteiger partial charge >= 0.3 is 11.0 Å². The number of hydrogen-bond donors (Lipinski definition) is 1. The summed E-state index contributed by atoms with van der Waals surface area (Å²) in [6.45, 7) is 0. The van der Waals surface area contributed by atoms with Gasteiger partial charge in [-0.25, -0.2) is 9.79 Å². The minimum atomic E-state index is -0.343. The number of hydrogen-bond acceptors (Lipinski definition) is 4. The third kappa shape index (κ3) is 1.89. The first-order valence-electron chi connectivity index (χ1n) is 5.05. The Morgan fingerprint density at radius 1 is 1.47 bits per heavy atom. The van der Waals surface area contributed by atoms with Gasteiger partial charge in [0.15, 0.2) is 0 Å². The maximum absolute atomic E-state index is 12.0. The van der Waals surface area contributed by atoms with Crippen molar-refractivity contribution in [2.75, 3.05) is 21.3 Å². The monoisotopic (exact) mass is 253 g/mol. The molecule has 0 spiro atoms. The van der Waals surface area contributed by atoms with Crippen LogP contribution in [0.25, 0.3) is 0 Å². The van der Waals surface area contributed by atoms with Gasteiger partial charge in [-0.05, 0) is 6.08 Å². The van der Waals surface area contributed by atoms with Gasteiger partial charge < -0.3 is 9.47 Å². The molecule has 1 unspecified atom stereocenters. The highest BCUT2D eigenvalue weighted by Crippen LogP contribution is 2.19. The van der Waals surface area contributed by atoms with Crippen molar-refractivity contribution in [3.63, 3.8) is 0 Å². The second-order valence-electron chi connectivity index (χ2n) is 3.70. The Labute approximate surface area is 104 Å². The molecular weight excluding hydrogens is 240 g/mol. The van der Waals surface area contributed by atoms with Crippen LogP contribution in [0, 0.1) is 0 Å². The second-order valence-corrected chi connectivity index (χ2v) is 4.08. The van der Waals surface area contributed by atoms with E-state index in [0.717, 1.165) is 0 Å². The van der Waals surface area contributed by atoms with E-state index in [1.165, 1.54) is 4.90 Å². The Morgan fingerprint density at radius 2 is 2.18 bits per heavy atom. The van der Waals surface area contributed by atoms with E-state index < -0.39 is 0 Å². The van der Waals surface area contributed by atoms with E-state index in [1.807, 2.05) is 0 Å². The molecule has 0 aromatic rings. The van der Waals surface area contributed by atoms with Gasteiger partial charge in [0.25, 0.3) is 0 Å². The van der Waals surface area contributed by atoms with Crippen LogP contribution in [0.15, 0.2) is 23.5 Å². The van der Waals surface area contributed by atoms with Crippen molar-refractivity contribution in [3.05, 3.63) is 23.5 Å². The molecule has 1 heterocycles. The van der Waals surface area contributed by atoms with E-state index >= 15 is 0 Å². The summed E-state index contributed by atoms with van der Waals surface area (Å²) in [5, 5.41) is 0.379. The molecule has 0 radical (unpaired) electrons. The molecule has 0 saturated heterocycles. The lowest BCUT2D eigenvalue weighted by molar-refractivity contribution is -0.324. The van der Waals surface area contributed by atoms with Crippen LogP contribution in [0.3, 0.4) is 0 Å². The van der Waals surface area contributed by atoms with Crippen molar-refractivity contribution in [1.29, 1.82) is 0 Å². The topological polar surface area (TPSA) is 52.7 Å². The van der Waals surface area contributed by atoms with E-state index in [9.17, 15) is 4.79 Å². The van der Waals surface area contributed by atoms with Crippen LogP contribution < -0.4 is 4.99 Å². The smallest absolute Gasteiger partial charge is 0.351 e. The maximum Gasteiger partial charge on any atom is 0.351 e. The predicted octanol–water partition coefficient (Wildman–Crippen LogP) is -1.25. The molecule has 0 saturated carbocycles. The molecule has 6 heteroatoms. The zero-order valence-corrected chi connectivity index (χ0v) is 10.6. The average molecular weight is 253 g/mol. The molecule has 1 aliphatic heterocycles. The largest absolute Gasteiger partial charge is 0.498 e. The zero-order valence-electron chi connectivity index (χ0n) is 9.81. The Morgan fingerprint density at radius 3 is 2.76 bits per heavy atom. The van der Waals surface area contributed by atoms with E-state index in [4.69, 9.17) is 21.7 Å². The Hall–Kier alpha value is -1.53. The lowest BCUT2D eigenvalue weighted by Gasteiger charge is -2.23. The van der Waals surface area contributed by atoms with E-state index in [2.05, 4.69) is 4.99 Å². The van der Waals surface area contributed by atoms with Gasteiger partial charge in [0.2, 0.25) is 0 Å². The fourth-order valence-corrected chi connectivity index (χ4v) is 1.94. The van der Waals surface area contributed by atoms with Crippen LogP contribution in [0.2, 0.25) is 0 Å². The molecule has 17 heavy (non-hydrogen) atoms. The summed E-state index contributed by atoms with van der Waals surface area (Å²) in [6, 6.07) is 0. The SMILES string of the molecule is COC1=CC2=[NH+]C(=S)N(C)C(=O)C2=CC1OC. The van der Waals surface area contributed by atoms with Crippen molar-refractivity contribution in [2.45, 2.75) is 6.10 Å². The second kappa shape index (κ2) is 4.38. The Balaban J connectivity index is 2.48. The van der Waals surface area contributed by atoms with Crippen molar-refractivity contribution in [3.8, 4) is 0 Å². The van der Waals surface area contributed by atoms with Gasteiger partial charge in [0.05, 0.1) is 14.2 Å². The molecule has 2 rings (SSSR count). The number of thiocarbonyl (C=S) groups is 1. The number of carbonyl (C=O) groups excluding carboxylic acids is 1.